The first-order valence-electron chi connectivity index (χ1n) is 4.98. The fourth-order valence-corrected chi connectivity index (χ4v) is 1.15. The molecule has 1 rings (SSSR count). The van der Waals surface area contributed by atoms with Gasteiger partial charge in [0.15, 0.2) is 0 Å². The monoisotopic (exact) mass is 166 g/mol. The summed E-state index contributed by atoms with van der Waals surface area (Å²) in [5.74, 6) is 6.27. The first-order valence-corrected chi connectivity index (χ1v) is 4.98. The van der Waals surface area contributed by atoms with Gasteiger partial charge >= 0.3 is 0 Å². The van der Waals surface area contributed by atoms with E-state index in [-0.39, 0.29) is 6.10 Å². The molecule has 0 aromatic rings. The highest BCUT2D eigenvalue weighted by molar-refractivity contribution is 5.12. The van der Waals surface area contributed by atoms with Crippen molar-refractivity contribution in [3.63, 3.8) is 0 Å². The van der Waals surface area contributed by atoms with E-state index >= 15 is 0 Å². The van der Waals surface area contributed by atoms with E-state index in [9.17, 15) is 0 Å². The van der Waals surface area contributed by atoms with Crippen LogP contribution in [-0.2, 0) is 4.74 Å². The van der Waals surface area contributed by atoms with Crippen molar-refractivity contribution in [3.8, 4) is 11.8 Å². The van der Waals surface area contributed by atoms with Crippen molar-refractivity contribution in [2.75, 3.05) is 0 Å². The highest BCUT2D eigenvalue weighted by Gasteiger charge is 2.31. The van der Waals surface area contributed by atoms with Crippen molar-refractivity contribution in [3.05, 3.63) is 0 Å². The summed E-state index contributed by atoms with van der Waals surface area (Å²) in [6.07, 6.45) is 6.93. The number of rotatable bonds is 4. The molecule has 12 heavy (non-hydrogen) atoms. The first kappa shape index (κ1) is 9.61. The second-order valence-corrected chi connectivity index (χ2v) is 3.39. The predicted molar refractivity (Wildman–Crippen MR) is 50.9 cm³/mol. The molecule has 0 aromatic heterocycles. The van der Waals surface area contributed by atoms with Gasteiger partial charge in [0, 0.05) is 6.42 Å². The molecular weight excluding hydrogens is 148 g/mol. The molecule has 0 aromatic carbocycles. The Kier molecular flexibility index (Phi) is 4.18. The van der Waals surface area contributed by atoms with E-state index in [4.69, 9.17) is 4.74 Å². The molecule has 0 saturated carbocycles. The summed E-state index contributed by atoms with van der Waals surface area (Å²) in [7, 11) is 0. The maximum Gasteiger partial charge on any atom is 0.144 e. The fourth-order valence-electron chi connectivity index (χ4n) is 1.15. The molecule has 0 radical (unpaired) electrons. The van der Waals surface area contributed by atoms with Gasteiger partial charge in [-0.15, -0.1) is 5.92 Å². The van der Waals surface area contributed by atoms with Crippen molar-refractivity contribution < 1.29 is 4.74 Å². The number of epoxide rings is 1. The van der Waals surface area contributed by atoms with Gasteiger partial charge in [-0.1, -0.05) is 32.1 Å². The second-order valence-electron chi connectivity index (χ2n) is 3.39. The lowest BCUT2D eigenvalue weighted by Crippen LogP contribution is -1.82. The summed E-state index contributed by atoms with van der Waals surface area (Å²) >= 11 is 0. The molecule has 1 heteroatoms. The van der Waals surface area contributed by atoms with Crippen LogP contribution in [0.25, 0.3) is 0 Å². The average molecular weight is 166 g/mol. The second kappa shape index (κ2) is 5.22. The van der Waals surface area contributed by atoms with E-state index in [1.54, 1.807) is 0 Å². The largest absolute Gasteiger partial charge is 0.356 e. The number of ether oxygens (including phenoxy) is 1. The average Bonchev–Trinajstić information content (AvgIpc) is 2.74. The summed E-state index contributed by atoms with van der Waals surface area (Å²) in [6.45, 7) is 4.29. The molecule has 1 heterocycles. The molecule has 1 aliphatic heterocycles. The molecule has 0 unspecified atom stereocenters. The van der Waals surface area contributed by atoms with E-state index in [0.29, 0.717) is 6.10 Å². The molecule has 0 bridgehead atoms. The molecule has 0 N–H and O–H groups in total. The van der Waals surface area contributed by atoms with Gasteiger partial charge in [0.2, 0.25) is 0 Å². The molecule has 1 fully saturated rings. The number of hydrogen-bond acceptors (Lipinski definition) is 1. The van der Waals surface area contributed by atoms with Crippen LogP contribution in [-0.4, -0.2) is 12.2 Å². The third-order valence-corrected chi connectivity index (χ3v) is 2.11. The van der Waals surface area contributed by atoms with Crippen molar-refractivity contribution >= 4 is 0 Å². The van der Waals surface area contributed by atoms with E-state index in [0.717, 1.165) is 6.42 Å². The van der Waals surface area contributed by atoms with E-state index in [1.165, 1.54) is 25.7 Å². The van der Waals surface area contributed by atoms with Crippen LogP contribution in [0.3, 0.4) is 0 Å². The Morgan fingerprint density at radius 1 is 1.25 bits per heavy atom. The third-order valence-electron chi connectivity index (χ3n) is 2.11. The summed E-state index contributed by atoms with van der Waals surface area (Å²) in [4.78, 5) is 0. The van der Waals surface area contributed by atoms with Gasteiger partial charge in [-0.25, -0.2) is 0 Å². The number of hydrogen-bond donors (Lipinski definition) is 0. The van der Waals surface area contributed by atoms with Crippen LogP contribution >= 0.6 is 0 Å². The fraction of sp³-hybridized carbons (Fsp3) is 0.818. The van der Waals surface area contributed by atoms with Crippen molar-refractivity contribution in [1.82, 2.24) is 0 Å². The number of unbranched alkanes of at least 4 members (excludes halogenated alkanes) is 4. The molecule has 1 aliphatic rings. The normalized spacial score (nSPS) is 26.2. The quantitative estimate of drug-likeness (QED) is 0.355. The Hall–Kier alpha value is -0.480. The smallest absolute Gasteiger partial charge is 0.144 e. The van der Waals surface area contributed by atoms with Crippen molar-refractivity contribution in [2.45, 2.75) is 58.2 Å². The lowest BCUT2D eigenvalue weighted by molar-refractivity contribution is 0.403. The molecular formula is C11H18O. The molecule has 0 aliphatic carbocycles. The minimum Gasteiger partial charge on any atom is -0.356 e. The van der Waals surface area contributed by atoms with Crippen LogP contribution in [0.15, 0.2) is 0 Å². The van der Waals surface area contributed by atoms with Crippen LogP contribution in [0.1, 0.15) is 46.0 Å². The SMILES string of the molecule is CCCCCCC#C[C@H]1O[C@H]1C. The van der Waals surface area contributed by atoms with Gasteiger partial charge in [0.25, 0.3) is 0 Å². The first-order chi connectivity index (χ1) is 5.84. The zero-order valence-corrected chi connectivity index (χ0v) is 8.10. The molecule has 0 amide bonds. The predicted octanol–water partition coefficient (Wildman–Crippen LogP) is 2.75. The summed E-state index contributed by atoms with van der Waals surface area (Å²) in [5.41, 5.74) is 0. The Morgan fingerprint density at radius 3 is 2.58 bits per heavy atom. The van der Waals surface area contributed by atoms with Gasteiger partial charge in [-0.3, -0.25) is 0 Å². The van der Waals surface area contributed by atoms with Gasteiger partial charge in [0.05, 0.1) is 6.10 Å². The maximum atomic E-state index is 5.17. The molecule has 68 valence electrons. The van der Waals surface area contributed by atoms with Gasteiger partial charge in [-0.2, -0.15) is 0 Å². The zero-order valence-electron chi connectivity index (χ0n) is 8.10. The van der Waals surface area contributed by atoms with E-state index in [1.807, 2.05) is 0 Å². The topological polar surface area (TPSA) is 12.5 Å². The standard InChI is InChI=1S/C11H18O/c1-3-4-5-6-7-8-9-11-10(2)12-11/h10-11H,3-7H2,1-2H3/t10-,11+/m0/s1. The molecule has 2 atom stereocenters. The van der Waals surface area contributed by atoms with Crippen molar-refractivity contribution in [2.24, 2.45) is 0 Å². The van der Waals surface area contributed by atoms with Crippen molar-refractivity contribution in [1.29, 1.82) is 0 Å². The summed E-state index contributed by atoms with van der Waals surface area (Å²) in [6, 6.07) is 0. The highest BCUT2D eigenvalue weighted by Crippen LogP contribution is 2.19. The Labute approximate surface area is 75.5 Å². The minimum atomic E-state index is 0.260. The van der Waals surface area contributed by atoms with Crippen LogP contribution in [0.5, 0.6) is 0 Å². The van der Waals surface area contributed by atoms with Crippen LogP contribution < -0.4 is 0 Å². The van der Waals surface area contributed by atoms with Crippen LogP contribution in [0, 0.1) is 11.8 Å². The third kappa shape index (κ3) is 3.78. The Balaban J connectivity index is 1.90. The summed E-state index contributed by atoms with van der Waals surface area (Å²) in [5, 5.41) is 0. The molecule has 1 nitrogen and oxygen atoms in total. The Bertz CT molecular complexity index is 175. The lowest BCUT2D eigenvalue weighted by atomic mass is 10.1. The van der Waals surface area contributed by atoms with Gasteiger partial charge in [0.1, 0.15) is 6.10 Å². The minimum absolute atomic E-state index is 0.260. The maximum absolute atomic E-state index is 5.17. The lowest BCUT2D eigenvalue weighted by Gasteiger charge is -1.91. The molecule has 1 saturated heterocycles. The van der Waals surface area contributed by atoms with E-state index < -0.39 is 0 Å². The summed E-state index contributed by atoms with van der Waals surface area (Å²) < 4.78 is 5.17. The van der Waals surface area contributed by atoms with Crippen LogP contribution in [0.2, 0.25) is 0 Å². The van der Waals surface area contributed by atoms with Gasteiger partial charge < -0.3 is 4.74 Å². The van der Waals surface area contributed by atoms with Gasteiger partial charge in [-0.05, 0) is 13.3 Å². The van der Waals surface area contributed by atoms with Crippen LogP contribution in [0.4, 0.5) is 0 Å². The van der Waals surface area contributed by atoms with E-state index in [2.05, 4.69) is 25.7 Å². The zero-order chi connectivity index (χ0) is 8.81. The molecule has 0 spiro atoms. The highest BCUT2D eigenvalue weighted by atomic mass is 16.6. The Morgan fingerprint density at radius 2 is 2.00 bits per heavy atom.